The summed E-state index contributed by atoms with van der Waals surface area (Å²) in [6.45, 7) is -0.276. The van der Waals surface area contributed by atoms with Gasteiger partial charge in [-0.3, -0.25) is 15.0 Å². The van der Waals surface area contributed by atoms with Crippen LogP contribution in [0.3, 0.4) is 0 Å². The van der Waals surface area contributed by atoms with Crippen LogP contribution in [-0.2, 0) is 9.59 Å². The summed E-state index contributed by atoms with van der Waals surface area (Å²) in [7, 11) is 0. The van der Waals surface area contributed by atoms with Gasteiger partial charge in [0, 0.05) is 11.3 Å². The number of carboxylic acids is 1. The van der Waals surface area contributed by atoms with Crippen molar-refractivity contribution in [3.63, 3.8) is 0 Å². The average molecular weight is 261 g/mol. The van der Waals surface area contributed by atoms with Gasteiger partial charge in [0.15, 0.2) is 0 Å². The lowest BCUT2D eigenvalue weighted by Crippen LogP contribution is -2.25. The zero-order valence-corrected chi connectivity index (χ0v) is 10.3. The van der Waals surface area contributed by atoms with E-state index in [9.17, 15) is 9.59 Å². The first-order chi connectivity index (χ1) is 8.99. The van der Waals surface area contributed by atoms with Gasteiger partial charge in [0.05, 0.1) is 0 Å². The van der Waals surface area contributed by atoms with Gasteiger partial charge in [0.25, 0.3) is 5.91 Å². The number of aliphatic carboxylic acids is 1. The molecule has 6 heteroatoms. The molecule has 1 aliphatic carbocycles. The molecular formula is C13H15N3O3. The summed E-state index contributed by atoms with van der Waals surface area (Å²) in [6.07, 6.45) is 2.20. The smallest absolute Gasteiger partial charge is 0.322 e. The van der Waals surface area contributed by atoms with Crippen LogP contribution < -0.4 is 11.1 Å². The Morgan fingerprint density at radius 1 is 1.42 bits per heavy atom. The molecule has 1 fully saturated rings. The van der Waals surface area contributed by atoms with Gasteiger partial charge in [-0.25, -0.2) is 0 Å². The summed E-state index contributed by atoms with van der Waals surface area (Å²) < 4.78 is 0. The molecule has 6 nitrogen and oxygen atoms in total. The number of carboxylic acid groups (broad SMARTS) is 1. The highest BCUT2D eigenvalue weighted by atomic mass is 16.4. The summed E-state index contributed by atoms with van der Waals surface area (Å²) in [5.41, 5.74) is 6.67. The first-order valence-corrected chi connectivity index (χ1v) is 5.97. The van der Waals surface area contributed by atoms with Crippen molar-refractivity contribution in [2.75, 3.05) is 11.9 Å². The highest BCUT2D eigenvalue weighted by Crippen LogP contribution is 2.41. The lowest BCUT2D eigenvalue weighted by molar-refractivity contribution is -0.134. The zero-order valence-electron chi connectivity index (χ0n) is 10.3. The minimum absolute atomic E-state index is 0.276. The Hall–Kier alpha value is -2.37. The molecule has 0 aromatic heterocycles. The van der Waals surface area contributed by atoms with Crippen molar-refractivity contribution < 1.29 is 14.7 Å². The maximum atomic E-state index is 11.1. The molecule has 0 atom stereocenters. The van der Waals surface area contributed by atoms with E-state index in [1.807, 2.05) is 6.07 Å². The third-order valence-corrected chi connectivity index (χ3v) is 3.04. The monoisotopic (exact) mass is 261 g/mol. The molecular weight excluding hydrogens is 246 g/mol. The fraction of sp³-hybridized carbons (Fsp3) is 0.308. The first kappa shape index (κ1) is 13.1. The first-order valence-electron chi connectivity index (χ1n) is 5.97. The van der Waals surface area contributed by atoms with Crippen molar-refractivity contribution in [1.29, 1.82) is 5.41 Å². The van der Waals surface area contributed by atoms with Crippen molar-refractivity contribution in [3.8, 4) is 0 Å². The number of hydrogen-bond acceptors (Lipinski definition) is 4. The van der Waals surface area contributed by atoms with Crippen LogP contribution in [0.2, 0.25) is 0 Å². The number of benzene rings is 1. The van der Waals surface area contributed by atoms with Crippen LogP contribution in [0.15, 0.2) is 18.2 Å². The topological polar surface area (TPSA) is 116 Å². The highest BCUT2D eigenvalue weighted by molar-refractivity contribution is 6.44. The summed E-state index contributed by atoms with van der Waals surface area (Å²) in [5, 5.41) is 19.1. The second kappa shape index (κ2) is 5.09. The minimum Gasteiger partial charge on any atom is -0.480 e. The fourth-order valence-electron chi connectivity index (χ4n) is 1.90. The Morgan fingerprint density at radius 3 is 2.63 bits per heavy atom. The second-order valence-corrected chi connectivity index (χ2v) is 4.57. The maximum absolute atomic E-state index is 11.1. The molecule has 0 bridgehead atoms. The predicted molar refractivity (Wildman–Crippen MR) is 70.6 cm³/mol. The Bertz CT molecular complexity index is 550. The van der Waals surface area contributed by atoms with Crippen molar-refractivity contribution >= 4 is 23.3 Å². The van der Waals surface area contributed by atoms with Crippen molar-refractivity contribution in [2.45, 2.75) is 18.8 Å². The van der Waals surface area contributed by atoms with Crippen LogP contribution in [0.4, 0.5) is 5.69 Å². The molecule has 0 aliphatic heterocycles. The molecule has 19 heavy (non-hydrogen) atoms. The van der Waals surface area contributed by atoms with Crippen LogP contribution in [0, 0.1) is 5.41 Å². The molecule has 0 radical (unpaired) electrons. The number of amides is 1. The number of carbonyl (C=O) groups is 2. The Morgan fingerprint density at radius 2 is 2.11 bits per heavy atom. The molecule has 2 rings (SSSR count). The van der Waals surface area contributed by atoms with Crippen LogP contribution in [0.5, 0.6) is 0 Å². The van der Waals surface area contributed by atoms with Crippen LogP contribution in [0.1, 0.15) is 29.9 Å². The second-order valence-electron chi connectivity index (χ2n) is 4.57. The SMILES string of the molecule is N=C(C(N)=O)c1cc(C2CC2)ccc1NCC(=O)O. The van der Waals surface area contributed by atoms with E-state index in [2.05, 4.69) is 5.32 Å². The predicted octanol–water partition coefficient (Wildman–Crippen LogP) is 0.914. The van der Waals surface area contributed by atoms with Crippen molar-refractivity contribution in [3.05, 3.63) is 29.3 Å². The maximum Gasteiger partial charge on any atom is 0.322 e. The zero-order chi connectivity index (χ0) is 14.0. The molecule has 100 valence electrons. The number of nitrogens with two attached hydrogens (primary N) is 1. The molecule has 0 heterocycles. The molecule has 1 saturated carbocycles. The van der Waals surface area contributed by atoms with E-state index in [1.54, 1.807) is 12.1 Å². The lowest BCUT2D eigenvalue weighted by atomic mass is 10.0. The van der Waals surface area contributed by atoms with E-state index < -0.39 is 11.9 Å². The molecule has 0 saturated heterocycles. The Balaban J connectivity index is 2.32. The fourth-order valence-corrected chi connectivity index (χ4v) is 1.90. The standard InChI is InChI=1S/C13H15N3O3/c14-12(13(15)19)9-5-8(7-1-2-7)3-4-10(9)16-6-11(17)18/h3-5,7,14,16H,1-2,6H2,(H2,15,19)(H,17,18). The summed E-state index contributed by atoms with van der Waals surface area (Å²) in [4.78, 5) is 21.7. The Kier molecular flexibility index (Phi) is 3.50. The van der Waals surface area contributed by atoms with E-state index in [1.165, 1.54) is 0 Å². The van der Waals surface area contributed by atoms with Gasteiger partial charge in [0.1, 0.15) is 12.3 Å². The van der Waals surface area contributed by atoms with Gasteiger partial charge in [-0.15, -0.1) is 0 Å². The number of carbonyl (C=O) groups excluding carboxylic acids is 1. The number of rotatable bonds is 6. The number of nitrogens with one attached hydrogen (secondary N) is 2. The number of anilines is 1. The average Bonchev–Trinajstić information content (AvgIpc) is 3.19. The molecule has 0 spiro atoms. The van der Waals surface area contributed by atoms with Crippen molar-refractivity contribution in [2.24, 2.45) is 5.73 Å². The lowest BCUT2D eigenvalue weighted by Gasteiger charge is -2.12. The van der Waals surface area contributed by atoms with Crippen LogP contribution in [-0.4, -0.2) is 29.2 Å². The van der Waals surface area contributed by atoms with E-state index >= 15 is 0 Å². The van der Waals surface area contributed by atoms with Gasteiger partial charge < -0.3 is 16.2 Å². The van der Waals surface area contributed by atoms with Gasteiger partial charge in [-0.05, 0) is 36.5 Å². The normalized spacial score (nSPS) is 13.9. The van der Waals surface area contributed by atoms with Gasteiger partial charge in [-0.2, -0.15) is 0 Å². The summed E-state index contributed by atoms with van der Waals surface area (Å²) in [5.74, 6) is -1.36. The molecule has 1 aromatic rings. The Labute approximate surface area is 110 Å². The summed E-state index contributed by atoms with van der Waals surface area (Å²) in [6, 6.07) is 5.33. The molecule has 0 unspecified atom stereocenters. The van der Waals surface area contributed by atoms with Crippen LogP contribution >= 0.6 is 0 Å². The van der Waals surface area contributed by atoms with E-state index in [0.29, 0.717) is 17.2 Å². The quantitative estimate of drug-likeness (QED) is 0.569. The van der Waals surface area contributed by atoms with Gasteiger partial charge in [-0.1, -0.05) is 6.07 Å². The number of hydrogen-bond donors (Lipinski definition) is 4. The highest BCUT2D eigenvalue weighted by Gasteiger charge is 2.25. The van der Waals surface area contributed by atoms with Gasteiger partial charge in [0.2, 0.25) is 0 Å². The molecule has 1 amide bonds. The third-order valence-electron chi connectivity index (χ3n) is 3.04. The van der Waals surface area contributed by atoms with Crippen LogP contribution in [0.25, 0.3) is 0 Å². The van der Waals surface area contributed by atoms with E-state index in [4.69, 9.17) is 16.2 Å². The van der Waals surface area contributed by atoms with Gasteiger partial charge >= 0.3 is 5.97 Å². The van der Waals surface area contributed by atoms with Crippen molar-refractivity contribution in [1.82, 2.24) is 0 Å². The largest absolute Gasteiger partial charge is 0.480 e. The number of primary amides is 1. The van der Waals surface area contributed by atoms with E-state index in [-0.39, 0.29) is 12.3 Å². The molecule has 1 aliphatic rings. The molecule has 5 N–H and O–H groups in total. The van der Waals surface area contributed by atoms with E-state index in [0.717, 1.165) is 18.4 Å². The summed E-state index contributed by atoms with van der Waals surface area (Å²) >= 11 is 0. The third kappa shape index (κ3) is 3.09. The molecule has 1 aromatic carbocycles. The minimum atomic E-state index is -1.01.